The number of Topliss-reactive ketones (excluding diaryl/α,β-unsaturated/α-hetero) is 1. The van der Waals surface area contributed by atoms with Crippen molar-refractivity contribution in [3.8, 4) is 0 Å². The molecule has 0 atom stereocenters. The van der Waals surface area contributed by atoms with Gasteiger partial charge in [-0.15, -0.1) is 0 Å². The minimum atomic E-state index is 0.167. The average Bonchev–Trinajstić information content (AvgIpc) is 2.58. The fourth-order valence-corrected chi connectivity index (χ4v) is 2.05. The predicted octanol–water partition coefficient (Wildman–Crippen LogP) is 1.73. The fourth-order valence-electron chi connectivity index (χ4n) is 2.05. The molecule has 0 amide bonds. The molecule has 1 aromatic carbocycles. The van der Waals surface area contributed by atoms with Gasteiger partial charge in [-0.2, -0.15) is 0 Å². The molecule has 0 saturated heterocycles. The Labute approximate surface area is 94.9 Å². The quantitative estimate of drug-likeness (QED) is 0.846. The van der Waals surface area contributed by atoms with E-state index in [1.807, 2.05) is 29.0 Å². The first kappa shape index (κ1) is 10.9. The van der Waals surface area contributed by atoms with Crippen LogP contribution in [0.5, 0.6) is 0 Å². The summed E-state index contributed by atoms with van der Waals surface area (Å²) in [6.45, 7) is 2.68. The van der Waals surface area contributed by atoms with E-state index in [4.69, 9.17) is 5.73 Å². The molecule has 0 aliphatic rings. The van der Waals surface area contributed by atoms with Crippen LogP contribution >= 0.6 is 0 Å². The van der Waals surface area contributed by atoms with Crippen molar-refractivity contribution in [2.24, 2.45) is 5.73 Å². The molecule has 84 valence electrons. The van der Waals surface area contributed by atoms with Crippen molar-refractivity contribution >= 4 is 16.7 Å². The van der Waals surface area contributed by atoms with Crippen LogP contribution in [0.25, 0.3) is 10.9 Å². The minimum Gasteiger partial charge on any atom is -0.340 e. The second-order valence-electron chi connectivity index (χ2n) is 4.04. The average molecular weight is 216 g/mol. The number of carbonyl (C=O) groups excluding carboxylic acids is 1. The number of benzene rings is 1. The van der Waals surface area contributed by atoms with Gasteiger partial charge in [-0.3, -0.25) is 4.79 Å². The summed E-state index contributed by atoms with van der Waals surface area (Å²) in [6, 6.07) is 8.13. The molecule has 0 fully saturated rings. The molecule has 0 bridgehead atoms. The summed E-state index contributed by atoms with van der Waals surface area (Å²) in [6.07, 6.45) is 2.89. The third-order valence-corrected chi connectivity index (χ3v) is 2.68. The Kier molecular flexibility index (Phi) is 3.06. The number of nitrogens with two attached hydrogens (primary N) is 1. The fraction of sp³-hybridized carbons (Fsp3) is 0.308. The van der Waals surface area contributed by atoms with Gasteiger partial charge >= 0.3 is 0 Å². The Morgan fingerprint density at radius 2 is 2.12 bits per heavy atom. The number of hydrogen-bond donors (Lipinski definition) is 1. The molecule has 0 radical (unpaired) electrons. The van der Waals surface area contributed by atoms with Crippen molar-refractivity contribution in [3.05, 3.63) is 36.0 Å². The smallest absolute Gasteiger partial charge is 0.149 e. The van der Waals surface area contributed by atoms with Crippen molar-refractivity contribution in [1.82, 2.24) is 4.57 Å². The van der Waals surface area contributed by atoms with Crippen LogP contribution in [0, 0.1) is 0 Å². The van der Waals surface area contributed by atoms with E-state index in [-0.39, 0.29) is 5.78 Å². The lowest BCUT2D eigenvalue weighted by molar-refractivity contribution is -0.117. The van der Waals surface area contributed by atoms with Gasteiger partial charge in [0.15, 0.2) is 0 Å². The predicted molar refractivity (Wildman–Crippen MR) is 65.4 cm³/mol. The van der Waals surface area contributed by atoms with Gasteiger partial charge < -0.3 is 10.3 Å². The van der Waals surface area contributed by atoms with E-state index < -0.39 is 0 Å². The number of nitrogens with zero attached hydrogens (tertiary/aromatic N) is 1. The first-order valence-corrected chi connectivity index (χ1v) is 5.48. The molecule has 0 aliphatic heterocycles. The molecular formula is C13H16N2O. The summed E-state index contributed by atoms with van der Waals surface area (Å²) < 4.78 is 2.00. The highest BCUT2D eigenvalue weighted by atomic mass is 16.1. The maximum absolute atomic E-state index is 11.2. The molecule has 0 saturated carbocycles. The largest absolute Gasteiger partial charge is 0.340 e. The van der Waals surface area contributed by atoms with Crippen LogP contribution < -0.4 is 5.73 Å². The number of carbonyl (C=O) groups is 1. The van der Waals surface area contributed by atoms with Crippen LogP contribution in [0.15, 0.2) is 30.5 Å². The zero-order valence-electron chi connectivity index (χ0n) is 9.44. The summed E-state index contributed by atoms with van der Waals surface area (Å²) in [4.78, 5) is 11.2. The molecular weight excluding hydrogens is 200 g/mol. The second-order valence-corrected chi connectivity index (χ2v) is 4.04. The van der Waals surface area contributed by atoms with Crippen LogP contribution in [0.2, 0.25) is 0 Å². The molecule has 2 aromatic rings. The van der Waals surface area contributed by atoms with E-state index in [0.717, 1.165) is 11.9 Å². The van der Waals surface area contributed by atoms with E-state index in [1.165, 1.54) is 10.9 Å². The molecule has 2 rings (SSSR count). The molecule has 3 nitrogen and oxygen atoms in total. The Morgan fingerprint density at radius 1 is 1.38 bits per heavy atom. The first-order valence-electron chi connectivity index (χ1n) is 5.48. The number of aromatic nitrogens is 1. The highest BCUT2D eigenvalue weighted by Gasteiger charge is 2.08. The van der Waals surface area contributed by atoms with Gasteiger partial charge in [0.2, 0.25) is 0 Å². The van der Waals surface area contributed by atoms with E-state index in [0.29, 0.717) is 13.1 Å². The number of hydrogen-bond acceptors (Lipinski definition) is 2. The van der Waals surface area contributed by atoms with Crippen molar-refractivity contribution < 1.29 is 4.79 Å². The second kappa shape index (κ2) is 4.49. The van der Waals surface area contributed by atoms with Crippen LogP contribution in [0.3, 0.4) is 0 Å². The SMILES string of the molecule is CC(=O)Cn1cc(CCN)c2ccccc21. The topological polar surface area (TPSA) is 48.0 Å². The van der Waals surface area contributed by atoms with E-state index in [9.17, 15) is 4.79 Å². The van der Waals surface area contributed by atoms with Gasteiger partial charge in [-0.05, 0) is 31.5 Å². The zero-order valence-corrected chi connectivity index (χ0v) is 9.44. The third-order valence-electron chi connectivity index (χ3n) is 2.68. The van der Waals surface area contributed by atoms with Crippen molar-refractivity contribution in [2.75, 3.05) is 6.54 Å². The maximum Gasteiger partial charge on any atom is 0.149 e. The number of para-hydroxylation sites is 1. The van der Waals surface area contributed by atoms with Gasteiger partial charge in [0, 0.05) is 17.1 Å². The summed E-state index contributed by atoms with van der Waals surface area (Å²) >= 11 is 0. The standard InChI is InChI=1S/C13H16N2O/c1-10(16)8-15-9-11(6-7-14)12-4-2-3-5-13(12)15/h2-5,9H,6-8,14H2,1H3. The molecule has 0 aliphatic carbocycles. The lowest BCUT2D eigenvalue weighted by atomic mass is 10.1. The van der Waals surface area contributed by atoms with Crippen molar-refractivity contribution in [1.29, 1.82) is 0 Å². The van der Waals surface area contributed by atoms with Gasteiger partial charge in [-0.1, -0.05) is 18.2 Å². The monoisotopic (exact) mass is 216 g/mol. The molecule has 1 heterocycles. The Morgan fingerprint density at radius 3 is 2.81 bits per heavy atom. The number of ketones is 1. The van der Waals surface area contributed by atoms with Gasteiger partial charge in [0.1, 0.15) is 5.78 Å². The minimum absolute atomic E-state index is 0.167. The molecule has 3 heteroatoms. The van der Waals surface area contributed by atoms with Crippen LogP contribution in [0.4, 0.5) is 0 Å². The highest BCUT2D eigenvalue weighted by molar-refractivity contribution is 5.86. The summed E-state index contributed by atoms with van der Waals surface area (Å²) in [5, 5.41) is 1.20. The molecule has 0 spiro atoms. The Bertz CT molecular complexity index is 514. The lowest BCUT2D eigenvalue weighted by Crippen LogP contribution is -2.05. The van der Waals surface area contributed by atoms with Crippen molar-refractivity contribution in [3.63, 3.8) is 0 Å². The van der Waals surface area contributed by atoms with E-state index >= 15 is 0 Å². The van der Waals surface area contributed by atoms with E-state index in [1.54, 1.807) is 6.92 Å². The first-order chi connectivity index (χ1) is 7.72. The van der Waals surface area contributed by atoms with Gasteiger partial charge in [-0.25, -0.2) is 0 Å². The van der Waals surface area contributed by atoms with E-state index in [2.05, 4.69) is 6.07 Å². The molecule has 1 aromatic heterocycles. The Hall–Kier alpha value is -1.61. The van der Waals surface area contributed by atoms with Gasteiger partial charge in [0.25, 0.3) is 0 Å². The van der Waals surface area contributed by atoms with Crippen LogP contribution in [-0.4, -0.2) is 16.9 Å². The number of fused-ring (bicyclic) bond motifs is 1. The molecule has 16 heavy (non-hydrogen) atoms. The summed E-state index contributed by atoms with van der Waals surface area (Å²) in [5.41, 5.74) is 7.92. The maximum atomic E-state index is 11.2. The highest BCUT2D eigenvalue weighted by Crippen LogP contribution is 2.21. The number of rotatable bonds is 4. The third kappa shape index (κ3) is 1.99. The normalized spacial score (nSPS) is 10.9. The summed E-state index contributed by atoms with van der Waals surface area (Å²) in [5.74, 6) is 0.167. The zero-order chi connectivity index (χ0) is 11.5. The lowest BCUT2D eigenvalue weighted by Gasteiger charge is -2.00. The van der Waals surface area contributed by atoms with Gasteiger partial charge in [0.05, 0.1) is 6.54 Å². The Balaban J connectivity index is 2.52. The van der Waals surface area contributed by atoms with Crippen LogP contribution in [-0.2, 0) is 17.8 Å². The summed E-state index contributed by atoms with van der Waals surface area (Å²) in [7, 11) is 0. The molecule has 2 N–H and O–H groups in total. The van der Waals surface area contributed by atoms with Crippen LogP contribution in [0.1, 0.15) is 12.5 Å². The molecule has 0 unspecified atom stereocenters. The van der Waals surface area contributed by atoms with Crippen molar-refractivity contribution in [2.45, 2.75) is 19.9 Å².